The summed E-state index contributed by atoms with van der Waals surface area (Å²) in [5, 5.41) is 0. The van der Waals surface area contributed by atoms with Crippen molar-refractivity contribution in [2.75, 3.05) is 26.7 Å². The van der Waals surface area contributed by atoms with Crippen LogP contribution in [0.4, 0.5) is 0 Å². The van der Waals surface area contributed by atoms with Crippen molar-refractivity contribution < 1.29 is 9.59 Å². The van der Waals surface area contributed by atoms with Gasteiger partial charge in [-0.1, -0.05) is 0 Å². The molecule has 0 aromatic rings. The van der Waals surface area contributed by atoms with Crippen LogP contribution in [0.15, 0.2) is 0 Å². The standard InChI is InChI=1S/C11H22N4O2/c1-11(2)7-15(5-4-14(11)3)10(17)8(12)6-9(13)16/h8H,4-7,12H2,1-3H3,(H2,13,16). The molecular formula is C11H22N4O2. The highest BCUT2D eigenvalue weighted by atomic mass is 16.2. The molecule has 0 bridgehead atoms. The number of rotatable bonds is 3. The monoisotopic (exact) mass is 242 g/mol. The third-order valence-electron chi connectivity index (χ3n) is 3.37. The molecule has 1 atom stereocenters. The first kappa shape index (κ1) is 13.9. The van der Waals surface area contributed by atoms with E-state index in [1.807, 2.05) is 7.05 Å². The molecule has 2 amide bonds. The Kier molecular flexibility index (Phi) is 4.11. The first-order valence-corrected chi connectivity index (χ1v) is 5.78. The van der Waals surface area contributed by atoms with Gasteiger partial charge in [0.15, 0.2) is 0 Å². The number of carbonyl (C=O) groups is 2. The number of hydrogen-bond donors (Lipinski definition) is 2. The highest BCUT2D eigenvalue weighted by molar-refractivity contribution is 5.87. The summed E-state index contributed by atoms with van der Waals surface area (Å²) < 4.78 is 0. The van der Waals surface area contributed by atoms with Crippen LogP contribution >= 0.6 is 0 Å². The van der Waals surface area contributed by atoms with Crippen LogP contribution in [-0.2, 0) is 9.59 Å². The Labute approximate surface area is 102 Å². The van der Waals surface area contributed by atoms with E-state index in [9.17, 15) is 9.59 Å². The van der Waals surface area contributed by atoms with E-state index < -0.39 is 11.9 Å². The molecule has 1 fully saturated rings. The topological polar surface area (TPSA) is 92.7 Å². The van der Waals surface area contributed by atoms with Gasteiger partial charge in [0.25, 0.3) is 0 Å². The van der Waals surface area contributed by atoms with Crippen molar-refractivity contribution in [2.24, 2.45) is 11.5 Å². The van der Waals surface area contributed by atoms with Crippen LogP contribution < -0.4 is 11.5 Å². The Morgan fingerprint density at radius 2 is 1.94 bits per heavy atom. The average molecular weight is 242 g/mol. The van der Waals surface area contributed by atoms with Gasteiger partial charge in [0, 0.05) is 25.2 Å². The van der Waals surface area contributed by atoms with Gasteiger partial charge in [-0.15, -0.1) is 0 Å². The van der Waals surface area contributed by atoms with Crippen molar-refractivity contribution in [1.82, 2.24) is 9.80 Å². The Morgan fingerprint density at radius 1 is 1.35 bits per heavy atom. The third-order valence-corrected chi connectivity index (χ3v) is 3.37. The fraction of sp³-hybridized carbons (Fsp3) is 0.818. The lowest BCUT2D eigenvalue weighted by atomic mass is 9.99. The summed E-state index contributed by atoms with van der Waals surface area (Å²) in [6, 6.07) is -0.813. The Morgan fingerprint density at radius 3 is 2.41 bits per heavy atom. The molecule has 0 spiro atoms. The number of piperazine rings is 1. The van der Waals surface area contributed by atoms with Crippen LogP contribution in [0.3, 0.4) is 0 Å². The number of amides is 2. The lowest BCUT2D eigenvalue weighted by molar-refractivity contribution is -0.138. The maximum atomic E-state index is 12.0. The summed E-state index contributed by atoms with van der Waals surface area (Å²) in [7, 11) is 2.03. The van der Waals surface area contributed by atoms with Crippen molar-refractivity contribution in [3.05, 3.63) is 0 Å². The first-order valence-electron chi connectivity index (χ1n) is 5.78. The predicted octanol–water partition coefficient (Wildman–Crippen LogP) is -1.26. The molecule has 4 N–H and O–H groups in total. The number of primary amides is 1. The number of nitrogens with two attached hydrogens (primary N) is 2. The van der Waals surface area contributed by atoms with E-state index in [0.29, 0.717) is 13.1 Å². The van der Waals surface area contributed by atoms with Crippen LogP contribution in [0.5, 0.6) is 0 Å². The highest BCUT2D eigenvalue weighted by Crippen LogP contribution is 2.19. The number of carbonyl (C=O) groups excluding carboxylic acids is 2. The maximum absolute atomic E-state index is 12.0. The number of hydrogen-bond acceptors (Lipinski definition) is 4. The fourth-order valence-corrected chi connectivity index (χ4v) is 1.97. The summed E-state index contributed by atoms with van der Waals surface area (Å²) >= 11 is 0. The molecule has 0 aliphatic carbocycles. The Balaban J connectivity index is 2.62. The van der Waals surface area contributed by atoms with E-state index in [4.69, 9.17) is 11.5 Å². The lowest BCUT2D eigenvalue weighted by Gasteiger charge is -2.45. The molecule has 0 aromatic carbocycles. The minimum atomic E-state index is -0.813. The first-order chi connectivity index (χ1) is 7.74. The SMILES string of the molecule is CN1CCN(C(=O)C(N)CC(N)=O)CC1(C)C. The Bertz CT molecular complexity index is 317. The molecule has 1 aliphatic rings. The maximum Gasteiger partial charge on any atom is 0.240 e. The molecule has 0 radical (unpaired) electrons. The predicted molar refractivity (Wildman–Crippen MR) is 65.1 cm³/mol. The van der Waals surface area contributed by atoms with Gasteiger partial charge in [0.05, 0.1) is 12.5 Å². The zero-order chi connectivity index (χ0) is 13.2. The van der Waals surface area contributed by atoms with E-state index in [2.05, 4.69) is 18.7 Å². The number of nitrogens with zero attached hydrogens (tertiary/aromatic N) is 2. The molecule has 0 aromatic heterocycles. The fourth-order valence-electron chi connectivity index (χ4n) is 1.97. The molecule has 0 saturated carbocycles. The van der Waals surface area contributed by atoms with Crippen LogP contribution in [-0.4, -0.2) is 59.9 Å². The summed E-state index contributed by atoms with van der Waals surface area (Å²) in [6.45, 7) is 6.22. The molecule has 1 rings (SSSR count). The van der Waals surface area contributed by atoms with Gasteiger partial charge in [-0.2, -0.15) is 0 Å². The largest absolute Gasteiger partial charge is 0.370 e. The van der Waals surface area contributed by atoms with Gasteiger partial charge in [0.1, 0.15) is 0 Å². The quantitative estimate of drug-likeness (QED) is 0.646. The van der Waals surface area contributed by atoms with Crippen LogP contribution in [0, 0.1) is 0 Å². The van der Waals surface area contributed by atoms with Gasteiger partial charge in [-0.3, -0.25) is 14.5 Å². The van der Waals surface area contributed by atoms with Crippen LogP contribution in [0.1, 0.15) is 20.3 Å². The molecule has 98 valence electrons. The molecule has 1 saturated heterocycles. The summed E-state index contributed by atoms with van der Waals surface area (Å²) in [6.07, 6.45) is -0.0917. The van der Waals surface area contributed by atoms with Gasteiger partial charge in [-0.25, -0.2) is 0 Å². The summed E-state index contributed by atoms with van der Waals surface area (Å²) in [5.74, 6) is -0.732. The zero-order valence-electron chi connectivity index (χ0n) is 10.8. The van der Waals surface area contributed by atoms with Crippen molar-refractivity contribution in [1.29, 1.82) is 0 Å². The van der Waals surface area contributed by atoms with Crippen LogP contribution in [0.25, 0.3) is 0 Å². The summed E-state index contributed by atoms with van der Waals surface area (Å²) in [5.41, 5.74) is 10.6. The minimum Gasteiger partial charge on any atom is -0.370 e. The molecule has 17 heavy (non-hydrogen) atoms. The number of likely N-dealkylation sites (N-methyl/N-ethyl adjacent to an activating group) is 1. The molecule has 6 nitrogen and oxygen atoms in total. The summed E-state index contributed by atoms with van der Waals surface area (Å²) in [4.78, 5) is 26.7. The van der Waals surface area contributed by atoms with Gasteiger partial charge >= 0.3 is 0 Å². The normalized spacial score (nSPS) is 22.2. The second-order valence-electron chi connectivity index (χ2n) is 5.27. The highest BCUT2D eigenvalue weighted by Gasteiger charge is 2.34. The van der Waals surface area contributed by atoms with Gasteiger partial charge in [0.2, 0.25) is 11.8 Å². The van der Waals surface area contributed by atoms with Crippen LogP contribution in [0.2, 0.25) is 0 Å². The Hall–Kier alpha value is -1.14. The van der Waals surface area contributed by atoms with E-state index >= 15 is 0 Å². The van der Waals surface area contributed by atoms with E-state index in [-0.39, 0.29) is 17.9 Å². The molecule has 1 unspecified atom stereocenters. The van der Waals surface area contributed by atoms with Gasteiger partial charge < -0.3 is 16.4 Å². The lowest BCUT2D eigenvalue weighted by Crippen LogP contribution is -2.61. The van der Waals surface area contributed by atoms with Crippen molar-refractivity contribution in [2.45, 2.75) is 31.8 Å². The van der Waals surface area contributed by atoms with E-state index in [1.54, 1.807) is 4.90 Å². The molecule has 1 heterocycles. The van der Waals surface area contributed by atoms with Crippen molar-refractivity contribution >= 4 is 11.8 Å². The molecular weight excluding hydrogens is 220 g/mol. The second kappa shape index (κ2) is 5.01. The van der Waals surface area contributed by atoms with Crippen molar-refractivity contribution in [3.63, 3.8) is 0 Å². The smallest absolute Gasteiger partial charge is 0.240 e. The van der Waals surface area contributed by atoms with E-state index in [0.717, 1.165) is 6.54 Å². The third kappa shape index (κ3) is 3.41. The van der Waals surface area contributed by atoms with E-state index in [1.165, 1.54) is 0 Å². The second-order valence-corrected chi connectivity index (χ2v) is 5.27. The van der Waals surface area contributed by atoms with Gasteiger partial charge in [-0.05, 0) is 20.9 Å². The van der Waals surface area contributed by atoms with Crippen molar-refractivity contribution in [3.8, 4) is 0 Å². The average Bonchev–Trinajstić information content (AvgIpc) is 2.20. The minimum absolute atomic E-state index is 0.0691. The molecule has 1 aliphatic heterocycles. The molecule has 6 heteroatoms. The zero-order valence-corrected chi connectivity index (χ0v) is 10.8.